The smallest absolute Gasteiger partial charge is 0.416 e. The van der Waals surface area contributed by atoms with Gasteiger partial charge >= 0.3 is 6.18 Å². The van der Waals surface area contributed by atoms with Crippen LogP contribution in [0, 0.1) is 0 Å². The number of hydrogen-bond donors (Lipinski definition) is 1. The molecule has 1 aromatic heterocycles. The van der Waals surface area contributed by atoms with E-state index in [1.807, 2.05) is 19.1 Å². The molecule has 9 heteroatoms. The molecule has 2 aromatic carbocycles. The van der Waals surface area contributed by atoms with Gasteiger partial charge in [0.25, 0.3) is 0 Å². The van der Waals surface area contributed by atoms with Crippen LogP contribution >= 0.6 is 23.2 Å². The average molecular weight is 456 g/mol. The van der Waals surface area contributed by atoms with Gasteiger partial charge in [0.2, 0.25) is 0 Å². The van der Waals surface area contributed by atoms with Gasteiger partial charge in [-0.1, -0.05) is 42.3 Å². The van der Waals surface area contributed by atoms with Crippen molar-refractivity contribution in [1.82, 2.24) is 9.97 Å². The van der Waals surface area contributed by atoms with Crippen molar-refractivity contribution in [1.29, 1.82) is 0 Å². The predicted octanol–water partition coefficient (Wildman–Crippen LogP) is 6.81. The van der Waals surface area contributed by atoms with E-state index in [0.29, 0.717) is 29.6 Å². The summed E-state index contributed by atoms with van der Waals surface area (Å²) in [7, 11) is 0. The fraction of sp³-hybridized carbons (Fsp3) is 0.238. The Balaban J connectivity index is 1.58. The van der Waals surface area contributed by atoms with Gasteiger partial charge in [-0.3, -0.25) is 0 Å². The van der Waals surface area contributed by atoms with Crippen LogP contribution in [-0.4, -0.2) is 16.5 Å². The lowest BCUT2D eigenvalue weighted by atomic mass is 10.1. The number of halogens is 5. The Morgan fingerprint density at radius 2 is 1.77 bits per heavy atom. The number of ether oxygens (including phenoxy) is 1. The molecule has 0 bridgehead atoms. The molecule has 0 radical (unpaired) electrons. The molecule has 1 N–H and O–H groups in total. The highest BCUT2D eigenvalue weighted by Crippen LogP contribution is 2.36. The lowest BCUT2D eigenvalue weighted by Crippen LogP contribution is -2.08. The normalized spacial score (nSPS) is 11.4. The van der Waals surface area contributed by atoms with E-state index >= 15 is 0 Å². The van der Waals surface area contributed by atoms with Crippen molar-refractivity contribution in [2.24, 2.45) is 0 Å². The van der Waals surface area contributed by atoms with Gasteiger partial charge in [-0.05, 0) is 48.7 Å². The van der Waals surface area contributed by atoms with Crippen LogP contribution in [0.15, 0.2) is 48.8 Å². The van der Waals surface area contributed by atoms with Gasteiger partial charge in [-0.25, -0.2) is 9.97 Å². The van der Waals surface area contributed by atoms with E-state index in [1.54, 1.807) is 12.1 Å². The van der Waals surface area contributed by atoms with Crippen LogP contribution in [0.4, 0.5) is 19.0 Å². The van der Waals surface area contributed by atoms with Crippen molar-refractivity contribution >= 4 is 29.0 Å². The number of nitrogens with one attached hydrogen (secondary N) is 1. The predicted molar refractivity (Wildman–Crippen MR) is 112 cm³/mol. The second-order valence-electron chi connectivity index (χ2n) is 6.40. The Bertz CT molecular complexity index is 1010. The fourth-order valence-corrected chi connectivity index (χ4v) is 3.23. The third kappa shape index (κ3) is 5.55. The minimum Gasteiger partial charge on any atom is -0.456 e. The van der Waals surface area contributed by atoms with E-state index in [9.17, 15) is 13.2 Å². The Labute approximate surface area is 182 Å². The van der Waals surface area contributed by atoms with Crippen LogP contribution in [0.25, 0.3) is 0 Å². The van der Waals surface area contributed by atoms with Crippen LogP contribution in [0.1, 0.15) is 23.7 Å². The molecule has 0 amide bonds. The zero-order chi connectivity index (χ0) is 21.7. The largest absolute Gasteiger partial charge is 0.456 e. The van der Waals surface area contributed by atoms with E-state index < -0.39 is 11.7 Å². The summed E-state index contributed by atoms with van der Waals surface area (Å²) >= 11 is 12.2. The monoisotopic (exact) mass is 455 g/mol. The highest BCUT2D eigenvalue weighted by Gasteiger charge is 2.31. The highest BCUT2D eigenvalue weighted by atomic mass is 35.5. The lowest BCUT2D eigenvalue weighted by molar-refractivity contribution is -0.137. The van der Waals surface area contributed by atoms with Gasteiger partial charge in [0.15, 0.2) is 0 Å². The van der Waals surface area contributed by atoms with Crippen LogP contribution in [0.5, 0.6) is 11.5 Å². The molecule has 0 aliphatic rings. The maximum Gasteiger partial charge on any atom is 0.416 e. The van der Waals surface area contributed by atoms with Gasteiger partial charge in [-0.2, -0.15) is 13.2 Å². The number of nitrogens with zero attached hydrogens (tertiary/aromatic N) is 2. The molecule has 0 aliphatic heterocycles. The molecule has 0 saturated heterocycles. The third-order valence-corrected chi connectivity index (χ3v) is 5.01. The molecule has 0 spiro atoms. The molecule has 158 valence electrons. The van der Waals surface area contributed by atoms with Gasteiger partial charge in [-0.15, -0.1) is 0 Å². The summed E-state index contributed by atoms with van der Waals surface area (Å²) in [6, 6.07) is 10.2. The Hall–Kier alpha value is -2.51. The highest BCUT2D eigenvalue weighted by molar-refractivity contribution is 6.33. The first-order chi connectivity index (χ1) is 14.3. The standard InChI is InChI=1S/C21H18Cl2F3N3O/c1-2-17-19(23)20(29-12-28-17)27-10-9-13-3-6-15(7-4-13)30-18-8-5-14(11-16(18)22)21(24,25)26/h3-8,11-12H,2,9-10H2,1H3,(H,27,28,29). The molecule has 1 heterocycles. The number of anilines is 1. The van der Waals surface area contributed by atoms with Crippen molar-refractivity contribution in [2.75, 3.05) is 11.9 Å². The van der Waals surface area contributed by atoms with Crippen molar-refractivity contribution < 1.29 is 17.9 Å². The first kappa shape index (κ1) is 22.2. The van der Waals surface area contributed by atoms with E-state index in [4.69, 9.17) is 27.9 Å². The number of alkyl halides is 3. The van der Waals surface area contributed by atoms with Crippen molar-refractivity contribution in [3.63, 3.8) is 0 Å². The quantitative estimate of drug-likeness (QED) is 0.424. The van der Waals surface area contributed by atoms with Crippen molar-refractivity contribution in [2.45, 2.75) is 25.9 Å². The average Bonchev–Trinajstić information content (AvgIpc) is 2.71. The summed E-state index contributed by atoms with van der Waals surface area (Å²) in [5, 5.41) is 3.61. The SMILES string of the molecule is CCc1ncnc(NCCc2ccc(Oc3ccc(C(F)(F)F)cc3Cl)cc2)c1Cl. The zero-order valence-electron chi connectivity index (χ0n) is 15.9. The third-order valence-electron chi connectivity index (χ3n) is 4.31. The second kappa shape index (κ2) is 9.53. The minimum atomic E-state index is -4.45. The molecule has 0 atom stereocenters. The first-order valence-electron chi connectivity index (χ1n) is 9.14. The zero-order valence-corrected chi connectivity index (χ0v) is 17.4. The number of aryl methyl sites for hydroxylation is 1. The Morgan fingerprint density at radius 1 is 1.03 bits per heavy atom. The molecule has 30 heavy (non-hydrogen) atoms. The maximum absolute atomic E-state index is 12.7. The first-order valence-corrected chi connectivity index (χ1v) is 9.90. The number of rotatable bonds is 7. The van der Waals surface area contributed by atoms with Crippen LogP contribution in [0.3, 0.4) is 0 Å². The number of hydrogen-bond acceptors (Lipinski definition) is 4. The van der Waals surface area contributed by atoms with E-state index in [1.165, 1.54) is 12.4 Å². The molecule has 4 nitrogen and oxygen atoms in total. The summed E-state index contributed by atoms with van der Waals surface area (Å²) in [6.07, 6.45) is -1.54. The van der Waals surface area contributed by atoms with Gasteiger partial charge in [0.05, 0.1) is 16.3 Å². The van der Waals surface area contributed by atoms with Crippen LogP contribution in [0.2, 0.25) is 10.0 Å². The van der Waals surface area contributed by atoms with Crippen LogP contribution in [-0.2, 0) is 19.0 Å². The summed E-state index contributed by atoms with van der Waals surface area (Å²) < 4.78 is 43.8. The van der Waals surface area contributed by atoms with Gasteiger partial charge in [0, 0.05) is 6.54 Å². The lowest BCUT2D eigenvalue weighted by Gasteiger charge is -2.12. The minimum absolute atomic E-state index is 0.105. The van der Waals surface area contributed by atoms with Crippen LogP contribution < -0.4 is 10.1 Å². The molecular formula is C21H18Cl2F3N3O. The molecule has 0 fully saturated rings. The van der Waals surface area contributed by atoms with Gasteiger partial charge in [0.1, 0.15) is 28.7 Å². The van der Waals surface area contributed by atoms with E-state index in [-0.39, 0.29) is 10.8 Å². The molecule has 0 aliphatic carbocycles. The summed E-state index contributed by atoms with van der Waals surface area (Å²) in [4.78, 5) is 8.28. The molecule has 0 unspecified atom stereocenters. The summed E-state index contributed by atoms with van der Waals surface area (Å²) in [5.41, 5.74) is 1.00. The molecule has 0 saturated carbocycles. The summed E-state index contributed by atoms with van der Waals surface area (Å²) in [5.74, 6) is 1.23. The number of aromatic nitrogens is 2. The van der Waals surface area contributed by atoms with Crippen molar-refractivity contribution in [3.05, 3.63) is 75.7 Å². The van der Waals surface area contributed by atoms with Crippen molar-refractivity contribution in [3.8, 4) is 11.5 Å². The van der Waals surface area contributed by atoms with E-state index in [0.717, 1.165) is 29.8 Å². The Morgan fingerprint density at radius 3 is 2.40 bits per heavy atom. The second-order valence-corrected chi connectivity index (χ2v) is 7.19. The van der Waals surface area contributed by atoms with E-state index in [2.05, 4.69) is 15.3 Å². The fourth-order valence-electron chi connectivity index (χ4n) is 2.71. The molecule has 3 rings (SSSR count). The summed E-state index contributed by atoms with van der Waals surface area (Å²) in [6.45, 7) is 2.59. The molecule has 3 aromatic rings. The molecular weight excluding hydrogens is 438 g/mol. The maximum atomic E-state index is 12.7. The Kier molecular flexibility index (Phi) is 7.05. The van der Waals surface area contributed by atoms with Gasteiger partial charge < -0.3 is 10.1 Å². The topological polar surface area (TPSA) is 47.0 Å². The number of benzene rings is 2.